The van der Waals surface area contributed by atoms with Crippen molar-refractivity contribution < 1.29 is 28.3 Å². The molecule has 52 heavy (non-hydrogen) atoms. The Kier molecular flexibility index (Phi) is 9.55. The lowest BCUT2D eigenvalue weighted by Crippen LogP contribution is -2.45. The smallest absolute Gasteiger partial charge is 0.264 e. The lowest BCUT2D eigenvalue weighted by Gasteiger charge is -2.31. The number of fused-ring (bicyclic) bond motifs is 2. The van der Waals surface area contributed by atoms with Crippen molar-refractivity contribution >= 4 is 31.6 Å². The monoisotopic (exact) mass is 719 g/mol. The summed E-state index contributed by atoms with van der Waals surface area (Å²) in [6.45, 7) is 5.90. The van der Waals surface area contributed by atoms with Crippen LogP contribution in [0.2, 0.25) is 18.6 Å². The van der Waals surface area contributed by atoms with E-state index in [0.717, 1.165) is 5.56 Å². The van der Waals surface area contributed by atoms with Crippen LogP contribution in [0, 0.1) is 5.92 Å². The molecule has 0 bridgehead atoms. The van der Waals surface area contributed by atoms with Crippen molar-refractivity contribution in [2.24, 2.45) is 5.92 Å². The van der Waals surface area contributed by atoms with Gasteiger partial charge < -0.3 is 28.9 Å². The number of anilines is 2. The largest absolute Gasteiger partial charge is 0.497 e. The Morgan fingerprint density at radius 3 is 2.40 bits per heavy atom. The normalized spacial score (nSPS) is 21.7. The summed E-state index contributed by atoms with van der Waals surface area (Å²) < 4.78 is 30.3. The molecule has 5 aromatic rings. The molecule has 5 atom stereocenters. The lowest BCUT2D eigenvalue weighted by molar-refractivity contribution is -0.146. The van der Waals surface area contributed by atoms with Gasteiger partial charge in [0.15, 0.2) is 5.60 Å². The number of nitrogens with one attached hydrogen (secondary N) is 1. The van der Waals surface area contributed by atoms with Crippen LogP contribution < -0.4 is 15.0 Å². The van der Waals surface area contributed by atoms with Crippen LogP contribution in [0.1, 0.15) is 52.2 Å². The van der Waals surface area contributed by atoms with E-state index in [4.69, 9.17) is 9.47 Å². The Morgan fingerprint density at radius 1 is 1.04 bits per heavy atom. The van der Waals surface area contributed by atoms with Crippen molar-refractivity contribution in [3.05, 3.63) is 137 Å². The zero-order valence-corrected chi connectivity index (χ0v) is 30.6. The number of aliphatic hydroxyl groups excluding tert-OH is 1. The van der Waals surface area contributed by atoms with Crippen molar-refractivity contribution in [2.75, 3.05) is 17.3 Å². The van der Waals surface area contributed by atoms with Gasteiger partial charge in [0.05, 0.1) is 31.6 Å². The fourth-order valence-electron chi connectivity index (χ4n) is 7.88. The first kappa shape index (κ1) is 35.2. The van der Waals surface area contributed by atoms with Crippen molar-refractivity contribution in [3.63, 3.8) is 0 Å². The number of rotatable bonds is 11. The third-order valence-electron chi connectivity index (χ3n) is 10.3. The Hall–Kier alpha value is -5.17. The first-order valence-electron chi connectivity index (χ1n) is 17.4. The van der Waals surface area contributed by atoms with Crippen LogP contribution >= 0.6 is 0 Å². The van der Waals surface area contributed by atoms with E-state index < -0.39 is 37.7 Å². The van der Waals surface area contributed by atoms with E-state index in [1.165, 1.54) is 0 Å². The predicted octanol–water partition coefficient (Wildman–Crippen LogP) is 7.03. The van der Waals surface area contributed by atoms with Crippen LogP contribution in [0.4, 0.5) is 15.5 Å². The molecule has 4 aromatic carbocycles. The quantitative estimate of drug-likeness (QED) is 0.111. The van der Waals surface area contributed by atoms with Gasteiger partial charge in [-0.3, -0.25) is 14.3 Å². The summed E-state index contributed by atoms with van der Waals surface area (Å²) in [6, 6.07) is 31.1. The SMILES string of the molecule is COc1ccc(C(=O)Nc2ccc3c(c2)[C@@]2(O[C@H](CCn4cc([C@H](O)c5ccccc5)nn4)[C@@H]([Si](C)(C)F)[C@@H]2C)C(=O)N3Cc2ccccc2)cc1. The molecule has 268 valence electrons. The van der Waals surface area contributed by atoms with Crippen molar-refractivity contribution in [1.82, 2.24) is 15.0 Å². The number of carbonyl (C=O) groups excluding carboxylic acids is 2. The van der Waals surface area contributed by atoms with Crippen LogP contribution in [-0.4, -0.2) is 53.5 Å². The lowest BCUT2D eigenvalue weighted by atomic mass is 9.82. The number of aryl methyl sites for hydroxylation is 1. The zero-order chi connectivity index (χ0) is 36.6. The maximum atomic E-state index is 16.5. The number of aromatic nitrogens is 3. The highest BCUT2D eigenvalue weighted by Crippen LogP contribution is 2.60. The maximum absolute atomic E-state index is 16.5. The van der Waals surface area contributed by atoms with Gasteiger partial charge in [0, 0.05) is 34.8 Å². The summed E-state index contributed by atoms with van der Waals surface area (Å²) >= 11 is 0. The highest BCUT2D eigenvalue weighted by molar-refractivity contribution is 6.72. The van der Waals surface area contributed by atoms with Gasteiger partial charge in [-0.15, -0.1) is 5.10 Å². The maximum Gasteiger partial charge on any atom is 0.264 e. The highest BCUT2D eigenvalue weighted by atomic mass is 28.4. The number of benzene rings is 4. The van der Waals surface area contributed by atoms with Gasteiger partial charge in [0.25, 0.3) is 11.8 Å². The van der Waals surface area contributed by atoms with E-state index in [2.05, 4.69) is 15.6 Å². The first-order valence-corrected chi connectivity index (χ1v) is 20.4. The van der Waals surface area contributed by atoms with Gasteiger partial charge in [-0.25, -0.2) is 0 Å². The van der Waals surface area contributed by atoms with E-state index in [1.807, 2.05) is 73.7 Å². The molecular formula is C40H42FN5O5Si. The fourth-order valence-corrected chi connectivity index (χ4v) is 10.4. The summed E-state index contributed by atoms with van der Waals surface area (Å²) in [5.41, 5.74) is 2.24. The minimum atomic E-state index is -3.44. The molecule has 2 aliphatic rings. The predicted molar refractivity (Wildman–Crippen MR) is 198 cm³/mol. The van der Waals surface area contributed by atoms with E-state index >= 15 is 4.11 Å². The molecular weight excluding hydrogens is 678 g/mol. The number of halogens is 1. The molecule has 0 unspecified atom stereocenters. The first-order chi connectivity index (χ1) is 25.0. The summed E-state index contributed by atoms with van der Waals surface area (Å²) in [6.07, 6.45) is 0.512. The van der Waals surface area contributed by atoms with Gasteiger partial charge >= 0.3 is 0 Å². The number of methoxy groups -OCH3 is 1. The Labute approximate surface area is 303 Å². The molecule has 12 heteroatoms. The molecule has 3 heterocycles. The summed E-state index contributed by atoms with van der Waals surface area (Å²) in [7, 11) is -1.87. The molecule has 1 saturated heterocycles. The van der Waals surface area contributed by atoms with E-state index in [0.29, 0.717) is 59.0 Å². The topological polar surface area (TPSA) is 119 Å². The zero-order valence-electron chi connectivity index (χ0n) is 29.6. The van der Waals surface area contributed by atoms with E-state index in [1.54, 1.807) is 72.4 Å². The highest BCUT2D eigenvalue weighted by Gasteiger charge is 2.66. The Balaban J connectivity index is 1.21. The average molecular weight is 720 g/mol. The second-order valence-corrected chi connectivity index (χ2v) is 17.9. The molecule has 1 fully saturated rings. The van der Waals surface area contributed by atoms with Gasteiger partial charge in [0.1, 0.15) is 17.5 Å². The minimum Gasteiger partial charge on any atom is -0.497 e. The van der Waals surface area contributed by atoms with E-state index in [9.17, 15) is 14.7 Å². The van der Waals surface area contributed by atoms with Crippen LogP contribution in [0.15, 0.2) is 109 Å². The average Bonchev–Trinajstić information content (AvgIpc) is 3.81. The molecule has 0 aliphatic carbocycles. The molecule has 0 saturated carbocycles. The number of aliphatic hydroxyl groups is 1. The van der Waals surface area contributed by atoms with Gasteiger partial charge in [-0.1, -0.05) is 72.8 Å². The Bertz CT molecular complexity index is 2060. The number of hydrogen-bond acceptors (Lipinski definition) is 7. The summed E-state index contributed by atoms with van der Waals surface area (Å²) in [5, 5.41) is 22.3. The summed E-state index contributed by atoms with van der Waals surface area (Å²) in [5.74, 6) is -0.453. The third-order valence-corrected chi connectivity index (χ3v) is 12.8. The minimum absolute atomic E-state index is 0.253. The number of nitrogens with zero attached hydrogens (tertiary/aromatic N) is 4. The van der Waals surface area contributed by atoms with Crippen LogP contribution in [0.25, 0.3) is 0 Å². The third kappa shape index (κ3) is 6.53. The molecule has 10 nitrogen and oxygen atoms in total. The molecule has 2 amide bonds. The van der Waals surface area contributed by atoms with Crippen molar-refractivity contribution in [1.29, 1.82) is 0 Å². The van der Waals surface area contributed by atoms with Crippen LogP contribution in [0.5, 0.6) is 5.75 Å². The molecule has 2 N–H and O–H groups in total. The molecule has 1 aromatic heterocycles. The number of amides is 2. The summed E-state index contributed by atoms with van der Waals surface area (Å²) in [4.78, 5) is 29.9. The van der Waals surface area contributed by atoms with Crippen molar-refractivity contribution in [2.45, 2.75) is 62.9 Å². The Morgan fingerprint density at radius 2 is 1.73 bits per heavy atom. The van der Waals surface area contributed by atoms with Gasteiger partial charge in [-0.05, 0) is 73.1 Å². The molecule has 7 rings (SSSR count). The van der Waals surface area contributed by atoms with Gasteiger partial charge in [-0.2, -0.15) is 0 Å². The number of hydrogen-bond donors (Lipinski definition) is 2. The molecule has 2 aliphatic heterocycles. The number of ether oxygens (including phenoxy) is 2. The fraction of sp³-hybridized carbons (Fsp3) is 0.300. The second kappa shape index (κ2) is 14.1. The number of carbonyl (C=O) groups is 2. The standard InChI is InChI=1S/C40H42FN5O5Si/c1-26-37(52(3,4)41)35(21-22-45-25-33(43-44-45)36(47)28-13-9-6-10-14-28)51-40(26)32-23-30(42-38(48)29-15-18-31(50-2)19-16-29)17-20-34(32)46(39(40)49)24-27-11-7-5-8-12-27/h5-20,23,25-26,35-37,47H,21-22,24H2,1-4H3,(H,42,48)/t26-,35+,36+,37-,40+/m0/s1. The second-order valence-electron chi connectivity index (χ2n) is 14.1. The van der Waals surface area contributed by atoms with E-state index in [-0.39, 0.29) is 11.8 Å². The van der Waals surface area contributed by atoms with Gasteiger partial charge in [0.2, 0.25) is 8.41 Å². The molecule has 0 radical (unpaired) electrons. The van der Waals surface area contributed by atoms with Crippen molar-refractivity contribution in [3.8, 4) is 5.75 Å². The van der Waals surface area contributed by atoms with Crippen LogP contribution in [0.3, 0.4) is 0 Å². The molecule has 1 spiro atoms. The van der Waals surface area contributed by atoms with Crippen LogP contribution in [-0.2, 0) is 28.2 Å².